The number of hydrogen-bond donors (Lipinski definition) is 2. The van der Waals surface area contributed by atoms with Crippen LogP contribution in [0.15, 0.2) is 36.8 Å². The fourth-order valence-electron chi connectivity index (χ4n) is 1.59. The molecule has 20 heavy (non-hydrogen) atoms. The number of nitrogen functional groups attached to an aromatic ring is 1. The molecule has 110 valence electrons. The largest absolute Gasteiger partial charge is 0.468 e. The van der Waals surface area contributed by atoms with Crippen LogP contribution >= 0.6 is 35.5 Å². The third-order valence-corrected chi connectivity index (χ3v) is 6.97. The molecule has 5 nitrogen and oxygen atoms in total. The van der Waals surface area contributed by atoms with Crippen molar-refractivity contribution in [2.75, 3.05) is 6.26 Å². The van der Waals surface area contributed by atoms with Crippen LogP contribution in [-0.2, 0) is 9.84 Å². The van der Waals surface area contributed by atoms with Gasteiger partial charge < -0.3 is 10.2 Å². The van der Waals surface area contributed by atoms with E-state index in [1.165, 1.54) is 41.5 Å². The fraction of sp³-hybridized carbons (Fsp3) is 0.182. The zero-order valence-electron chi connectivity index (χ0n) is 10.7. The summed E-state index contributed by atoms with van der Waals surface area (Å²) < 4.78 is 30.8. The monoisotopic (exact) mass is 352 g/mol. The summed E-state index contributed by atoms with van der Waals surface area (Å²) in [5.74, 6) is 0.216. The summed E-state index contributed by atoms with van der Waals surface area (Å²) >= 11 is 2.52. The zero-order chi connectivity index (χ0) is 14.2. The number of hydrogen-bond acceptors (Lipinski definition) is 6. The maximum absolute atomic E-state index is 12.6. The molecule has 0 fully saturated rings. The van der Waals surface area contributed by atoms with Crippen LogP contribution in [0.5, 0.6) is 0 Å². The number of sulfone groups is 1. The van der Waals surface area contributed by atoms with Gasteiger partial charge in [-0.1, -0.05) is 0 Å². The molecule has 0 radical (unpaired) electrons. The Hall–Kier alpha value is -0.960. The molecule has 0 aliphatic heterocycles. The van der Waals surface area contributed by atoms with E-state index in [9.17, 15) is 8.42 Å². The maximum Gasteiger partial charge on any atom is 0.212 e. The smallest absolute Gasteiger partial charge is 0.212 e. The SMILES string of the molecule is CSc1sc(C(=N)N)cc1S(=O)(=O)c1ccoc1C.Cl. The van der Waals surface area contributed by atoms with Crippen LogP contribution in [0.25, 0.3) is 0 Å². The molecule has 0 aliphatic carbocycles. The van der Waals surface area contributed by atoms with Crippen molar-refractivity contribution in [2.45, 2.75) is 20.9 Å². The third-order valence-electron chi connectivity index (χ3n) is 2.51. The summed E-state index contributed by atoms with van der Waals surface area (Å²) in [6.07, 6.45) is 3.14. The van der Waals surface area contributed by atoms with Gasteiger partial charge >= 0.3 is 0 Å². The second kappa shape index (κ2) is 6.21. The van der Waals surface area contributed by atoms with Crippen LogP contribution in [0.3, 0.4) is 0 Å². The van der Waals surface area contributed by atoms with Gasteiger partial charge in [0.2, 0.25) is 9.84 Å². The predicted octanol–water partition coefficient (Wildman–Crippen LogP) is 2.91. The van der Waals surface area contributed by atoms with Crippen molar-refractivity contribution in [1.82, 2.24) is 0 Å². The molecule has 0 unspecified atom stereocenters. The van der Waals surface area contributed by atoms with Gasteiger partial charge in [-0.3, -0.25) is 5.41 Å². The minimum absolute atomic E-state index is 0. The molecule has 9 heteroatoms. The highest BCUT2D eigenvalue weighted by molar-refractivity contribution is 8.01. The average molecular weight is 353 g/mol. The quantitative estimate of drug-likeness (QED) is 0.501. The van der Waals surface area contributed by atoms with Gasteiger partial charge in [-0.15, -0.1) is 35.5 Å². The molecule has 0 aliphatic rings. The van der Waals surface area contributed by atoms with Crippen LogP contribution < -0.4 is 5.73 Å². The Morgan fingerprint density at radius 1 is 1.45 bits per heavy atom. The first kappa shape index (κ1) is 17.1. The highest BCUT2D eigenvalue weighted by atomic mass is 35.5. The van der Waals surface area contributed by atoms with E-state index in [0.717, 1.165) is 0 Å². The molecule has 0 atom stereocenters. The van der Waals surface area contributed by atoms with Gasteiger partial charge in [0, 0.05) is 0 Å². The molecular weight excluding hydrogens is 340 g/mol. The number of halogens is 1. The third kappa shape index (κ3) is 2.88. The summed E-state index contributed by atoms with van der Waals surface area (Å²) in [5.41, 5.74) is 5.41. The number of thioether (sulfide) groups is 1. The first-order valence-electron chi connectivity index (χ1n) is 5.19. The second-order valence-corrected chi connectivity index (χ2v) is 7.74. The standard InChI is InChI=1S/C11H12N2O3S3.ClH/c1-6-8(3-4-16-6)19(14,15)9-5-7(10(12)13)18-11(9)17-2;/h3-5H,1-2H3,(H3,12,13);1H. The number of rotatable bonds is 4. The molecule has 0 bridgehead atoms. The molecule has 2 heterocycles. The van der Waals surface area contributed by atoms with E-state index in [1.807, 2.05) is 0 Å². The summed E-state index contributed by atoms with van der Waals surface area (Å²) in [7, 11) is -3.64. The van der Waals surface area contributed by atoms with Gasteiger partial charge in [-0.25, -0.2) is 8.42 Å². The number of nitrogens with two attached hydrogens (primary N) is 1. The molecule has 3 N–H and O–H groups in total. The predicted molar refractivity (Wildman–Crippen MR) is 83.3 cm³/mol. The van der Waals surface area contributed by atoms with Crippen molar-refractivity contribution in [3.63, 3.8) is 0 Å². The van der Waals surface area contributed by atoms with E-state index in [2.05, 4.69) is 0 Å². The van der Waals surface area contributed by atoms with Crippen LogP contribution in [0, 0.1) is 12.3 Å². The normalized spacial score (nSPS) is 11.1. The number of aryl methyl sites for hydroxylation is 1. The summed E-state index contributed by atoms with van der Waals surface area (Å²) in [4.78, 5) is 0.777. The molecule has 2 rings (SSSR count). The van der Waals surface area contributed by atoms with Gasteiger partial charge in [0.05, 0.1) is 20.2 Å². The Balaban J connectivity index is 0.00000200. The maximum atomic E-state index is 12.6. The fourth-order valence-corrected chi connectivity index (χ4v) is 5.60. The highest BCUT2D eigenvalue weighted by Gasteiger charge is 2.27. The number of nitrogens with one attached hydrogen (secondary N) is 1. The molecule has 0 spiro atoms. The molecular formula is C11H13ClN2O3S3. The summed E-state index contributed by atoms with van der Waals surface area (Å²) in [6, 6.07) is 2.88. The molecule has 2 aromatic heterocycles. The number of furan rings is 1. The van der Waals surface area contributed by atoms with Crippen LogP contribution in [0.2, 0.25) is 0 Å². The summed E-state index contributed by atoms with van der Waals surface area (Å²) in [6.45, 7) is 1.60. The minimum atomic E-state index is -3.64. The molecule has 0 saturated carbocycles. The average Bonchev–Trinajstić information content (AvgIpc) is 2.94. The van der Waals surface area contributed by atoms with Gasteiger partial charge in [-0.05, 0) is 25.3 Å². The van der Waals surface area contributed by atoms with E-state index >= 15 is 0 Å². The molecule has 2 aromatic rings. The van der Waals surface area contributed by atoms with Crippen molar-refractivity contribution in [2.24, 2.45) is 5.73 Å². The lowest BCUT2D eigenvalue weighted by Gasteiger charge is -2.02. The lowest BCUT2D eigenvalue weighted by atomic mass is 10.4. The van der Waals surface area contributed by atoms with E-state index < -0.39 is 9.84 Å². The minimum Gasteiger partial charge on any atom is -0.468 e. The zero-order valence-corrected chi connectivity index (χ0v) is 13.9. The van der Waals surface area contributed by atoms with Crippen LogP contribution in [-0.4, -0.2) is 20.5 Å². The van der Waals surface area contributed by atoms with Crippen LogP contribution in [0.1, 0.15) is 10.6 Å². The van der Waals surface area contributed by atoms with E-state index in [0.29, 0.717) is 14.8 Å². The first-order chi connectivity index (χ1) is 8.87. The van der Waals surface area contributed by atoms with Crippen molar-refractivity contribution >= 4 is 51.2 Å². The van der Waals surface area contributed by atoms with Gasteiger partial charge in [0.15, 0.2) is 0 Å². The van der Waals surface area contributed by atoms with E-state index in [1.54, 1.807) is 13.2 Å². The van der Waals surface area contributed by atoms with E-state index in [-0.39, 0.29) is 28.0 Å². The Bertz CT molecular complexity index is 734. The lowest BCUT2D eigenvalue weighted by Crippen LogP contribution is -2.08. The van der Waals surface area contributed by atoms with Gasteiger partial charge in [0.1, 0.15) is 16.5 Å². The summed E-state index contributed by atoms with van der Waals surface area (Å²) in [5, 5.41) is 7.41. The van der Waals surface area contributed by atoms with Gasteiger partial charge in [-0.2, -0.15) is 0 Å². The lowest BCUT2D eigenvalue weighted by molar-refractivity contribution is 0.522. The molecule has 0 amide bonds. The molecule has 0 aromatic carbocycles. The number of thiophene rings is 1. The first-order valence-corrected chi connectivity index (χ1v) is 8.71. The van der Waals surface area contributed by atoms with Gasteiger partial charge in [0.25, 0.3) is 0 Å². The number of amidine groups is 1. The molecule has 0 saturated heterocycles. The van der Waals surface area contributed by atoms with Crippen molar-refractivity contribution in [1.29, 1.82) is 5.41 Å². The second-order valence-electron chi connectivity index (χ2n) is 3.72. The topological polar surface area (TPSA) is 97.1 Å². The van der Waals surface area contributed by atoms with Crippen molar-refractivity contribution < 1.29 is 12.8 Å². The van der Waals surface area contributed by atoms with Crippen molar-refractivity contribution in [3.05, 3.63) is 29.0 Å². The van der Waals surface area contributed by atoms with E-state index in [4.69, 9.17) is 15.6 Å². The Morgan fingerprint density at radius 2 is 2.10 bits per heavy atom. The Morgan fingerprint density at radius 3 is 2.55 bits per heavy atom. The highest BCUT2D eigenvalue weighted by Crippen LogP contribution is 2.37. The Kier molecular flexibility index (Phi) is 5.31. The van der Waals surface area contributed by atoms with Crippen molar-refractivity contribution in [3.8, 4) is 0 Å². The Labute approximate surface area is 131 Å². The van der Waals surface area contributed by atoms with Crippen LogP contribution in [0.4, 0.5) is 0 Å².